The van der Waals surface area contributed by atoms with Gasteiger partial charge in [0.15, 0.2) is 0 Å². The molecule has 7 N–H and O–H groups in total. The SMILES string of the molecule is CN(OC(=O)[C@@H](N)Cc1ccc(O)cc1)[C@@H](CCCN)C(=O)N[C@@H](Cc1cccnc1)C(=O)O. The number of carboxylic acids is 1. The van der Waals surface area contributed by atoms with Gasteiger partial charge in [0.05, 0.1) is 0 Å². The molecule has 1 amide bonds. The van der Waals surface area contributed by atoms with E-state index >= 15 is 0 Å². The lowest BCUT2D eigenvalue weighted by molar-refractivity contribution is -0.197. The molecule has 0 aliphatic carbocycles. The first-order valence-electron chi connectivity index (χ1n) is 10.8. The average molecular weight is 474 g/mol. The summed E-state index contributed by atoms with van der Waals surface area (Å²) < 4.78 is 0. The molecule has 0 aliphatic rings. The van der Waals surface area contributed by atoms with E-state index in [1.807, 2.05) is 0 Å². The summed E-state index contributed by atoms with van der Waals surface area (Å²) in [6.45, 7) is 0.296. The first kappa shape index (κ1) is 26.7. The van der Waals surface area contributed by atoms with Crippen molar-refractivity contribution in [1.82, 2.24) is 15.4 Å². The number of hydrogen-bond donors (Lipinski definition) is 5. The number of aromatic nitrogens is 1. The molecule has 11 heteroatoms. The normalized spacial score (nSPS) is 13.6. The molecule has 11 nitrogen and oxygen atoms in total. The monoisotopic (exact) mass is 473 g/mol. The number of carbonyl (C=O) groups excluding carboxylic acids is 2. The van der Waals surface area contributed by atoms with E-state index in [0.29, 0.717) is 18.5 Å². The smallest absolute Gasteiger partial charge is 0.342 e. The number of nitrogens with one attached hydrogen (secondary N) is 1. The van der Waals surface area contributed by atoms with Crippen molar-refractivity contribution < 1.29 is 29.4 Å². The molecule has 184 valence electrons. The third-order valence-electron chi connectivity index (χ3n) is 5.13. The molecule has 2 rings (SSSR count). The highest BCUT2D eigenvalue weighted by molar-refractivity contribution is 5.87. The fourth-order valence-corrected chi connectivity index (χ4v) is 3.25. The molecule has 0 spiro atoms. The van der Waals surface area contributed by atoms with Crippen molar-refractivity contribution >= 4 is 17.8 Å². The Morgan fingerprint density at radius 1 is 1.15 bits per heavy atom. The number of nitrogens with zero attached hydrogens (tertiary/aromatic N) is 2. The largest absolute Gasteiger partial charge is 0.508 e. The second-order valence-electron chi connectivity index (χ2n) is 7.85. The molecule has 0 aliphatic heterocycles. The second-order valence-corrected chi connectivity index (χ2v) is 7.85. The first-order chi connectivity index (χ1) is 16.2. The van der Waals surface area contributed by atoms with Gasteiger partial charge in [0.1, 0.15) is 23.9 Å². The van der Waals surface area contributed by atoms with Gasteiger partial charge in [-0.25, -0.2) is 9.59 Å². The predicted octanol–water partition coefficient (Wildman–Crippen LogP) is -0.0334. The molecule has 0 saturated carbocycles. The van der Waals surface area contributed by atoms with Crippen molar-refractivity contribution in [1.29, 1.82) is 0 Å². The number of pyridine rings is 1. The van der Waals surface area contributed by atoms with Crippen molar-refractivity contribution in [3.05, 3.63) is 59.9 Å². The van der Waals surface area contributed by atoms with Crippen LogP contribution in [0.25, 0.3) is 0 Å². The van der Waals surface area contributed by atoms with E-state index in [2.05, 4.69) is 10.3 Å². The van der Waals surface area contributed by atoms with Crippen LogP contribution in [-0.4, -0.2) is 69.8 Å². The maximum atomic E-state index is 13.0. The zero-order chi connectivity index (χ0) is 25.1. The molecule has 34 heavy (non-hydrogen) atoms. The van der Waals surface area contributed by atoms with E-state index in [4.69, 9.17) is 16.3 Å². The zero-order valence-corrected chi connectivity index (χ0v) is 19.0. The van der Waals surface area contributed by atoms with Crippen LogP contribution < -0.4 is 16.8 Å². The minimum atomic E-state index is -1.20. The predicted molar refractivity (Wildman–Crippen MR) is 123 cm³/mol. The summed E-state index contributed by atoms with van der Waals surface area (Å²) in [5.74, 6) is -2.49. The summed E-state index contributed by atoms with van der Waals surface area (Å²) in [5.41, 5.74) is 12.9. The average Bonchev–Trinajstić information content (AvgIpc) is 2.80. The first-order valence-corrected chi connectivity index (χ1v) is 10.8. The molecule has 2 aromatic rings. The maximum absolute atomic E-state index is 13.0. The second kappa shape index (κ2) is 13.2. The number of aromatic hydroxyl groups is 1. The minimum absolute atomic E-state index is 0.0412. The Hall–Kier alpha value is -3.54. The van der Waals surface area contributed by atoms with Crippen LogP contribution in [0.2, 0.25) is 0 Å². The van der Waals surface area contributed by atoms with Gasteiger partial charge in [-0.05, 0) is 55.1 Å². The lowest BCUT2D eigenvalue weighted by Crippen LogP contribution is -2.52. The number of aliphatic carboxylic acids is 1. The van der Waals surface area contributed by atoms with Crippen LogP contribution in [0.5, 0.6) is 5.75 Å². The number of carbonyl (C=O) groups is 3. The zero-order valence-electron chi connectivity index (χ0n) is 19.0. The van der Waals surface area contributed by atoms with Gasteiger partial charge < -0.3 is 31.8 Å². The van der Waals surface area contributed by atoms with Crippen LogP contribution >= 0.6 is 0 Å². The molecule has 0 bridgehead atoms. The number of phenols is 1. The third kappa shape index (κ3) is 8.43. The lowest BCUT2D eigenvalue weighted by atomic mass is 10.1. The van der Waals surface area contributed by atoms with Crippen molar-refractivity contribution in [2.24, 2.45) is 11.5 Å². The van der Waals surface area contributed by atoms with Crippen LogP contribution in [0.15, 0.2) is 48.8 Å². The van der Waals surface area contributed by atoms with Gasteiger partial charge in [0.25, 0.3) is 0 Å². The number of amides is 1. The van der Waals surface area contributed by atoms with Gasteiger partial charge in [0.2, 0.25) is 5.91 Å². The maximum Gasteiger partial charge on any atom is 0.342 e. The molecule has 0 radical (unpaired) electrons. The Labute approximate surface area is 197 Å². The number of likely N-dealkylation sites (N-methyl/N-ethyl adjacent to an activating group) is 1. The summed E-state index contributed by atoms with van der Waals surface area (Å²) in [4.78, 5) is 46.4. The molecular formula is C23H31N5O6. The van der Waals surface area contributed by atoms with Crippen LogP contribution in [0.3, 0.4) is 0 Å². The Morgan fingerprint density at radius 2 is 1.85 bits per heavy atom. The number of rotatable bonds is 13. The van der Waals surface area contributed by atoms with Gasteiger partial charge in [-0.3, -0.25) is 9.78 Å². The standard InChI is InChI=1S/C23H31N5O6/c1-28(34-23(33)18(25)12-15-6-8-17(29)9-7-15)20(5-2-10-24)21(30)27-19(22(31)32)13-16-4-3-11-26-14-16/h3-4,6-9,11,14,18-20,29H,2,5,10,12-13,24-25H2,1H3,(H,27,30)(H,31,32)/t18-,19-,20-/m0/s1. The number of benzene rings is 1. The van der Waals surface area contributed by atoms with Gasteiger partial charge in [-0.2, -0.15) is 0 Å². The fourth-order valence-electron chi connectivity index (χ4n) is 3.25. The Balaban J connectivity index is 2.03. The number of hydroxylamine groups is 2. The van der Waals surface area contributed by atoms with Crippen molar-refractivity contribution in [2.75, 3.05) is 13.6 Å². The highest BCUT2D eigenvalue weighted by Gasteiger charge is 2.31. The van der Waals surface area contributed by atoms with Gasteiger partial charge >= 0.3 is 11.9 Å². The number of hydrogen-bond acceptors (Lipinski definition) is 9. The Kier molecular flexibility index (Phi) is 10.4. The topological polar surface area (TPSA) is 181 Å². The number of nitrogens with two attached hydrogens (primary N) is 2. The minimum Gasteiger partial charge on any atom is -0.508 e. The third-order valence-corrected chi connectivity index (χ3v) is 5.13. The van der Waals surface area contributed by atoms with Gasteiger partial charge in [-0.15, -0.1) is 5.06 Å². The highest BCUT2D eigenvalue weighted by Crippen LogP contribution is 2.13. The summed E-state index contributed by atoms with van der Waals surface area (Å²) in [6.07, 6.45) is 3.98. The van der Waals surface area contributed by atoms with Crippen molar-refractivity contribution in [2.45, 2.75) is 43.8 Å². The summed E-state index contributed by atoms with van der Waals surface area (Å²) in [6, 6.07) is 6.45. The molecule has 1 heterocycles. The van der Waals surface area contributed by atoms with Crippen LogP contribution in [-0.2, 0) is 32.1 Å². The van der Waals surface area contributed by atoms with E-state index in [1.165, 1.54) is 25.4 Å². The summed E-state index contributed by atoms with van der Waals surface area (Å²) >= 11 is 0. The highest BCUT2D eigenvalue weighted by atomic mass is 16.7. The summed E-state index contributed by atoms with van der Waals surface area (Å²) in [7, 11) is 1.41. The number of phenolic OH excluding ortho intramolecular Hbond substituents is 1. The molecule has 0 unspecified atom stereocenters. The summed E-state index contributed by atoms with van der Waals surface area (Å²) in [5, 5.41) is 22.5. The van der Waals surface area contributed by atoms with Gasteiger partial charge in [-0.1, -0.05) is 18.2 Å². The van der Waals surface area contributed by atoms with E-state index in [-0.39, 0.29) is 25.0 Å². The Morgan fingerprint density at radius 3 is 2.44 bits per heavy atom. The van der Waals surface area contributed by atoms with E-state index in [9.17, 15) is 24.6 Å². The van der Waals surface area contributed by atoms with Crippen molar-refractivity contribution in [3.63, 3.8) is 0 Å². The van der Waals surface area contributed by atoms with E-state index in [0.717, 1.165) is 10.6 Å². The van der Waals surface area contributed by atoms with E-state index in [1.54, 1.807) is 30.5 Å². The molecule has 3 atom stereocenters. The molecule has 0 saturated heterocycles. The quantitative estimate of drug-likeness (QED) is 0.248. The molecular weight excluding hydrogens is 442 g/mol. The van der Waals surface area contributed by atoms with Crippen LogP contribution in [0.1, 0.15) is 24.0 Å². The molecule has 0 fully saturated rings. The fraction of sp³-hybridized carbons (Fsp3) is 0.391. The van der Waals surface area contributed by atoms with Crippen molar-refractivity contribution in [3.8, 4) is 5.75 Å². The van der Waals surface area contributed by atoms with Crippen LogP contribution in [0, 0.1) is 0 Å². The lowest BCUT2D eigenvalue weighted by Gasteiger charge is -2.28. The number of carboxylic acid groups (broad SMARTS) is 1. The molecule has 1 aromatic heterocycles. The molecule has 1 aromatic carbocycles. The van der Waals surface area contributed by atoms with E-state index < -0.39 is 36.0 Å². The van der Waals surface area contributed by atoms with Gasteiger partial charge in [0, 0.05) is 25.9 Å². The Bertz CT molecular complexity index is 941. The van der Waals surface area contributed by atoms with Crippen LogP contribution in [0.4, 0.5) is 0 Å².